The molecule has 9 heteroatoms. The van der Waals surface area contributed by atoms with E-state index in [4.69, 9.17) is 17.0 Å². The Bertz CT molecular complexity index is 852. The lowest BCUT2D eigenvalue weighted by Crippen LogP contribution is -2.49. The van der Waals surface area contributed by atoms with Crippen molar-refractivity contribution in [1.29, 1.82) is 0 Å². The summed E-state index contributed by atoms with van der Waals surface area (Å²) >= 11 is 5.50. The number of hydrogen-bond donors (Lipinski definition) is 2. The SMILES string of the molecule is CCCN1C(=S)NC(c2cc(OC)c(O)c([N+](=O)[O-])c2)C2=C1CCCC2=O. The second-order valence-electron chi connectivity index (χ2n) is 6.52. The fraction of sp³-hybridized carbons (Fsp3) is 0.444. The van der Waals surface area contributed by atoms with Gasteiger partial charge in [-0.1, -0.05) is 6.92 Å². The first-order valence-electron chi connectivity index (χ1n) is 8.78. The fourth-order valence-electron chi connectivity index (χ4n) is 3.64. The molecule has 0 spiro atoms. The molecule has 1 heterocycles. The zero-order valence-corrected chi connectivity index (χ0v) is 16.0. The summed E-state index contributed by atoms with van der Waals surface area (Å²) in [6.45, 7) is 2.73. The quantitative estimate of drug-likeness (QED) is 0.448. The number of thiocarbonyl (C=S) groups is 1. The normalized spacial score (nSPS) is 19.6. The van der Waals surface area contributed by atoms with Gasteiger partial charge in [-0.2, -0.15) is 0 Å². The molecule has 1 atom stereocenters. The van der Waals surface area contributed by atoms with Crippen molar-refractivity contribution in [3.8, 4) is 11.5 Å². The molecule has 0 fully saturated rings. The maximum Gasteiger partial charge on any atom is 0.315 e. The average molecular weight is 391 g/mol. The smallest absolute Gasteiger partial charge is 0.315 e. The number of nitro benzene ring substituents is 1. The average Bonchev–Trinajstić information content (AvgIpc) is 2.64. The molecular weight excluding hydrogens is 370 g/mol. The predicted molar refractivity (Wildman–Crippen MR) is 103 cm³/mol. The maximum atomic E-state index is 12.7. The Morgan fingerprint density at radius 3 is 2.81 bits per heavy atom. The molecule has 3 rings (SSSR count). The molecular formula is C18H21N3O5S. The van der Waals surface area contributed by atoms with Gasteiger partial charge in [-0.3, -0.25) is 14.9 Å². The molecule has 1 aliphatic carbocycles. The summed E-state index contributed by atoms with van der Waals surface area (Å²) < 4.78 is 5.09. The van der Waals surface area contributed by atoms with E-state index < -0.39 is 22.4 Å². The maximum absolute atomic E-state index is 12.7. The molecule has 0 bridgehead atoms. The number of nitrogens with zero attached hydrogens (tertiary/aromatic N) is 2. The van der Waals surface area contributed by atoms with Crippen molar-refractivity contribution in [2.45, 2.75) is 38.6 Å². The number of rotatable bonds is 5. The van der Waals surface area contributed by atoms with Gasteiger partial charge in [-0.25, -0.2) is 0 Å². The van der Waals surface area contributed by atoms with Crippen molar-refractivity contribution in [1.82, 2.24) is 10.2 Å². The van der Waals surface area contributed by atoms with E-state index in [1.165, 1.54) is 19.2 Å². The van der Waals surface area contributed by atoms with Crippen LogP contribution in [0.25, 0.3) is 0 Å². The number of aromatic hydroxyl groups is 1. The molecule has 27 heavy (non-hydrogen) atoms. The highest BCUT2D eigenvalue weighted by Crippen LogP contribution is 2.43. The lowest BCUT2D eigenvalue weighted by Gasteiger charge is -2.41. The summed E-state index contributed by atoms with van der Waals surface area (Å²) in [5.41, 5.74) is 1.46. The van der Waals surface area contributed by atoms with Gasteiger partial charge in [-0.15, -0.1) is 0 Å². The van der Waals surface area contributed by atoms with Gasteiger partial charge in [0.15, 0.2) is 16.6 Å². The molecule has 1 unspecified atom stereocenters. The number of phenols is 1. The topological polar surface area (TPSA) is 105 Å². The molecule has 1 aliphatic heterocycles. The molecule has 0 saturated carbocycles. The summed E-state index contributed by atoms with van der Waals surface area (Å²) in [7, 11) is 1.32. The van der Waals surface area contributed by atoms with Gasteiger partial charge in [0.1, 0.15) is 0 Å². The molecule has 1 aromatic carbocycles. The Hall–Kier alpha value is -2.68. The van der Waals surface area contributed by atoms with Crippen LogP contribution in [-0.2, 0) is 4.79 Å². The summed E-state index contributed by atoms with van der Waals surface area (Å²) in [4.78, 5) is 25.3. The number of nitrogens with one attached hydrogen (secondary N) is 1. The van der Waals surface area contributed by atoms with Crippen LogP contribution in [0.1, 0.15) is 44.2 Å². The number of benzene rings is 1. The van der Waals surface area contributed by atoms with Crippen LogP contribution in [-0.4, -0.2) is 39.5 Å². The largest absolute Gasteiger partial charge is 0.500 e. The zero-order valence-electron chi connectivity index (χ0n) is 15.2. The summed E-state index contributed by atoms with van der Waals surface area (Å²) in [5.74, 6) is -0.554. The first-order valence-corrected chi connectivity index (χ1v) is 9.19. The van der Waals surface area contributed by atoms with E-state index in [0.717, 1.165) is 25.0 Å². The van der Waals surface area contributed by atoms with Crippen LogP contribution in [0.15, 0.2) is 23.4 Å². The number of allylic oxidation sites excluding steroid dienone is 1. The number of ether oxygens (including phenoxy) is 1. The van der Waals surface area contributed by atoms with Gasteiger partial charge in [0, 0.05) is 30.3 Å². The van der Waals surface area contributed by atoms with E-state index in [9.17, 15) is 20.0 Å². The van der Waals surface area contributed by atoms with E-state index in [2.05, 4.69) is 5.32 Å². The van der Waals surface area contributed by atoms with Crippen molar-refractivity contribution in [2.24, 2.45) is 0 Å². The summed E-state index contributed by atoms with van der Waals surface area (Å²) in [6, 6.07) is 2.16. The number of ketones is 1. The van der Waals surface area contributed by atoms with Gasteiger partial charge in [-0.05, 0) is 43.1 Å². The number of carbonyl (C=O) groups is 1. The lowest BCUT2D eigenvalue weighted by atomic mass is 9.84. The molecule has 8 nitrogen and oxygen atoms in total. The Morgan fingerprint density at radius 1 is 1.44 bits per heavy atom. The molecule has 0 aromatic heterocycles. The second kappa shape index (κ2) is 7.51. The zero-order chi connectivity index (χ0) is 19.7. The van der Waals surface area contributed by atoms with Gasteiger partial charge in [0.25, 0.3) is 0 Å². The third kappa shape index (κ3) is 3.34. The summed E-state index contributed by atoms with van der Waals surface area (Å²) in [6.07, 6.45) is 2.79. The van der Waals surface area contributed by atoms with Gasteiger partial charge in [0.2, 0.25) is 5.75 Å². The summed E-state index contributed by atoms with van der Waals surface area (Å²) in [5, 5.41) is 25.0. The molecule has 2 N–H and O–H groups in total. The first-order chi connectivity index (χ1) is 12.9. The van der Waals surface area contributed by atoms with Crippen LogP contribution in [0.5, 0.6) is 11.5 Å². The number of Topliss-reactive ketones (excluding diaryl/α,β-unsaturated/α-hetero) is 1. The van der Waals surface area contributed by atoms with Crippen LogP contribution in [0.3, 0.4) is 0 Å². The Balaban J connectivity index is 2.17. The van der Waals surface area contributed by atoms with Gasteiger partial charge in [0.05, 0.1) is 18.1 Å². The number of nitro groups is 1. The number of carbonyl (C=O) groups excluding carboxylic acids is 1. The Labute approximate surface area is 162 Å². The molecule has 0 radical (unpaired) electrons. The number of methoxy groups -OCH3 is 1. The molecule has 0 saturated heterocycles. The standard InChI is InChI=1S/C18H21N3O5S/c1-3-7-20-11-5-4-6-13(22)15(11)16(19-18(20)27)10-8-12(21(24)25)17(23)14(9-10)26-2/h8-9,16,23H,3-7H2,1-2H3,(H,19,27). The van der Waals surface area contributed by atoms with Crippen LogP contribution in [0.4, 0.5) is 5.69 Å². The first kappa shape index (κ1) is 19.1. The Morgan fingerprint density at radius 2 is 2.19 bits per heavy atom. The molecule has 2 aliphatic rings. The number of phenolic OH excluding ortho intramolecular Hbond substituents is 1. The fourth-order valence-corrected chi connectivity index (χ4v) is 3.96. The predicted octanol–water partition coefficient (Wildman–Crippen LogP) is 2.96. The number of hydrogen-bond acceptors (Lipinski definition) is 6. The van der Waals surface area contributed by atoms with E-state index in [1.54, 1.807) is 0 Å². The van der Waals surface area contributed by atoms with Crippen LogP contribution >= 0.6 is 12.2 Å². The minimum Gasteiger partial charge on any atom is -0.500 e. The minimum atomic E-state index is -0.677. The van der Waals surface area contributed by atoms with E-state index in [1.807, 2.05) is 11.8 Å². The highest BCUT2D eigenvalue weighted by atomic mass is 32.1. The van der Waals surface area contributed by atoms with E-state index in [0.29, 0.717) is 29.2 Å². The van der Waals surface area contributed by atoms with Crippen molar-refractivity contribution in [3.05, 3.63) is 39.1 Å². The third-order valence-corrected chi connectivity index (χ3v) is 5.17. The van der Waals surface area contributed by atoms with Crippen molar-refractivity contribution >= 4 is 28.8 Å². The van der Waals surface area contributed by atoms with Crippen molar-refractivity contribution in [3.63, 3.8) is 0 Å². The Kier molecular flexibility index (Phi) is 5.31. The molecule has 0 amide bonds. The van der Waals surface area contributed by atoms with Crippen LogP contribution in [0, 0.1) is 10.1 Å². The third-order valence-electron chi connectivity index (χ3n) is 4.83. The minimum absolute atomic E-state index is 0.00653. The van der Waals surface area contributed by atoms with E-state index >= 15 is 0 Å². The van der Waals surface area contributed by atoms with Crippen molar-refractivity contribution < 1.29 is 19.6 Å². The van der Waals surface area contributed by atoms with Crippen molar-refractivity contribution in [2.75, 3.05) is 13.7 Å². The molecule has 144 valence electrons. The molecule has 1 aromatic rings. The van der Waals surface area contributed by atoms with E-state index in [-0.39, 0.29) is 11.5 Å². The van der Waals surface area contributed by atoms with Gasteiger partial charge < -0.3 is 20.1 Å². The second-order valence-corrected chi connectivity index (χ2v) is 6.91. The van der Waals surface area contributed by atoms with Crippen LogP contribution in [0.2, 0.25) is 0 Å². The van der Waals surface area contributed by atoms with Gasteiger partial charge >= 0.3 is 5.69 Å². The van der Waals surface area contributed by atoms with Crippen LogP contribution < -0.4 is 10.1 Å². The lowest BCUT2D eigenvalue weighted by molar-refractivity contribution is -0.386. The monoisotopic (exact) mass is 391 g/mol. The highest BCUT2D eigenvalue weighted by Gasteiger charge is 2.38. The highest BCUT2D eigenvalue weighted by molar-refractivity contribution is 7.80.